The summed E-state index contributed by atoms with van der Waals surface area (Å²) < 4.78 is 5.83. The molecule has 3 nitrogen and oxygen atoms in total. The number of nitrogens with zero attached hydrogens (tertiary/aromatic N) is 1. The molecule has 0 radical (unpaired) electrons. The van der Waals surface area contributed by atoms with Crippen LogP contribution in [0.2, 0.25) is 0 Å². The number of nitrogens with one attached hydrogen (secondary N) is 1. The Morgan fingerprint density at radius 2 is 2.05 bits per heavy atom. The smallest absolute Gasteiger partial charge is 0.134 e. The Kier molecular flexibility index (Phi) is 4.38. The van der Waals surface area contributed by atoms with Crippen molar-refractivity contribution in [1.29, 1.82) is 0 Å². The van der Waals surface area contributed by atoms with Gasteiger partial charge in [0.05, 0.1) is 6.54 Å². The van der Waals surface area contributed by atoms with Crippen molar-refractivity contribution in [2.75, 3.05) is 26.2 Å². The number of benzene rings is 1. The first-order chi connectivity index (χ1) is 9.81. The highest BCUT2D eigenvalue weighted by Crippen LogP contribution is 2.20. The number of hydrogen-bond acceptors (Lipinski definition) is 3. The van der Waals surface area contributed by atoms with E-state index >= 15 is 0 Å². The van der Waals surface area contributed by atoms with E-state index < -0.39 is 0 Å². The molecule has 0 saturated carbocycles. The van der Waals surface area contributed by atoms with E-state index in [2.05, 4.69) is 41.4 Å². The Morgan fingerprint density at radius 1 is 1.20 bits per heavy atom. The lowest BCUT2D eigenvalue weighted by Gasteiger charge is -2.13. The summed E-state index contributed by atoms with van der Waals surface area (Å²) in [5, 5.41) is 4.69. The van der Waals surface area contributed by atoms with Crippen LogP contribution < -0.4 is 5.32 Å². The minimum atomic E-state index is 0.827. The van der Waals surface area contributed by atoms with Gasteiger partial charge < -0.3 is 14.6 Å². The molecule has 0 unspecified atom stereocenters. The predicted molar refractivity (Wildman–Crippen MR) is 82.9 cm³/mol. The summed E-state index contributed by atoms with van der Waals surface area (Å²) in [6.07, 6.45) is 3.98. The maximum Gasteiger partial charge on any atom is 0.134 e. The van der Waals surface area contributed by atoms with E-state index in [1.165, 1.54) is 49.8 Å². The third kappa shape index (κ3) is 3.41. The van der Waals surface area contributed by atoms with Crippen molar-refractivity contribution in [2.24, 2.45) is 0 Å². The van der Waals surface area contributed by atoms with Crippen LogP contribution in [0, 0.1) is 6.92 Å². The van der Waals surface area contributed by atoms with Gasteiger partial charge >= 0.3 is 0 Å². The van der Waals surface area contributed by atoms with Gasteiger partial charge in [-0.05, 0) is 70.6 Å². The van der Waals surface area contributed by atoms with Gasteiger partial charge in [-0.15, -0.1) is 0 Å². The Bertz CT molecular complexity index is 555. The molecule has 1 aliphatic rings. The molecule has 20 heavy (non-hydrogen) atoms. The van der Waals surface area contributed by atoms with Crippen molar-refractivity contribution in [2.45, 2.75) is 32.7 Å². The van der Waals surface area contributed by atoms with Crippen LogP contribution >= 0.6 is 0 Å². The Balaban J connectivity index is 1.42. The number of likely N-dealkylation sites (tertiary alicyclic amines) is 1. The second kappa shape index (κ2) is 6.42. The average molecular weight is 272 g/mol. The van der Waals surface area contributed by atoms with E-state index in [-0.39, 0.29) is 0 Å². The van der Waals surface area contributed by atoms with Crippen LogP contribution in [-0.4, -0.2) is 31.1 Å². The van der Waals surface area contributed by atoms with Crippen molar-refractivity contribution in [1.82, 2.24) is 10.2 Å². The highest BCUT2D eigenvalue weighted by molar-refractivity contribution is 5.78. The Morgan fingerprint density at radius 3 is 2.90 bits per heavy atom. The van der Waals surface area contributed by atoms with Gasteiger partial charge in [0.15, 0.2) is 0 Å². The number of aryl methyl sites for hydroxylation is 1. The van der Waals surface area contributed by atoms with Gasteiger partial charge in [0.2, 0.25) is 0 Å². The molecule has 1 saturated heterocycles. The minimum absolute atomic E-state index is 0.827. The fourth-order valence-corrected chi connectivity index (χ4v) is 2.95. The van der Waals surface area contributed by atoms with Gasteiger partial charge in [-0.25, -0.2) is 0 Å². The van der Waals surface area contributed by atoms with Crippen LogP contribution in [0.15, 0.2) is 28.7 Å². The highest BCUT2D eigenvalue weighted by atomic mass is 16.3. The molecule has 2 aromatic rings. The molecule has 0 spiro atoms. The van der Waals surface area contributed by atoms with Crippen LogP contribution in [0.25, 0.3) is 11.0 Å². The first kappa shape index (κ1) is 13.7. The van der Waals surface area contributed by atoms with Gasteiger partial charge in [-0.2, -0.15) is 0 Å². The average Bonchev–Trinajstić information content (AvgIpc) is 3.06. The van der Waals surface area contributed by atoms with Crippen molar-refractivity contribution >= 4 is 11.0 Å². The predicted octanol–water partition coefficient (Wildman–Crippen LogP) is 3.32. The number of rotatable bonds is 6. The number of furan rings is 1. The van der Waals surface area contributed by atoms with Crippen LogP contribution in [0.1, 0.15) is 30.6 Å². The first-order valence-corrected chi connectivity index (χ1v) is 7.73. The normalized spacial score (nSPS) is 16.2. The number of fused-ring (bicyclic) bond motifs is 1. The molecule has 3 rings (SSSR count). The maximum atomic E-state index is 5.83. The zero-order valence-electron chi connectivity index (χ0n) is 12.3. The number of hydrogen-bond donors (Lipinski definition) is 1. The molecule has 1 aliphatic heterocycles. The molecule has 0 bridgehead atoms. The molecule has 0 amide bonds. The fourth-order valence-electron chi connectivity index (χ4n) is 2.95. The maximum absolute atomic E-state index is 5.83. The summed E-state index contributed by atoms with van der Waals surface area (Å²) in [6, 6.07) is 8.48. The van der Waals surface area contributed by atoms with Gasteiger partial charge in [0.25, 0.3) is 0 Å². The Labute approximate surface area is 120 Å². The van der Waals surface area contributed by atoms with Gasteiger partial charge in [-0.3, -0.25) is 0 Å². The van der Waals surface area contributed by atoms with Crippen molar-refractivity contribution in [3.63, 3.8) is 0 Å². The van der Waals surface area contributed by atoms with Crippen LogP contribution in [-0.2, 0) is 6.54 Å². The summed E-state index contributed by atoms with van der Waals surface area (Å²) in [7, 11) is 0. The second-order valence-corrected chi connectivity index (χ2v) is 5.83. The third-order valence-corrected chi connectivity index (χ3v) is 4.05. The van der Waals surface area contributed by atoms with E-state index in [0.29, 0.717) is 0 Å². The molecule has 2 heterocycles. The molecular formula is C17H24N2O. The molecule has 1 aromatic heterocycles. The first-order valence-electron chi connectivity index (χ1n) is 7.73. The second-order valence-electron chi connectivity index (χ2n) is 5.83. The van der Waals surface area contributed by atoms with E-state index in [1.54, 1.807) is 0 Å². The van der Waals surface area contributed by atoms with Crippen molar-refractivity contribution < 1.29 is 4.42 Å². The van der Waals surface area contributed by atoms with E-state index in [4.69, 9.17) is 4.42 Å². The van der Waals surface area contributed by atoms with Gasteiger partial charge in [0, 0.05) is 5.39 Å². The standard InChI is InChI=1S/C17H24N2O/c1-14-5-6-17-15(11-14)12-16(20-17)13-18-7-4-10-19-8-2-3-9-19/h5-6,11-12,18H,2-4,7-10,13H2,1H3. The fraction of sp³-hybridized carbons (Fsp3) is 0.529. The summed E-state index contributed by atoms with van der Waals surface area (Å²) in [6.45, 7) is 7.82. The zero-order chi connectivity index (χ0) is 13.8. The molecule has 1 N–H and O–H groups in total. The summed E-state index contributed by atoms with van der Waals surface area (Å²) in [5.74, 6) is 1.03. The molecular weight excluding hydrogens is 248 g/mol. The molecule has 0 aliphatic carbocycles. The topological polar surface area (TPSA) is 28.4 Å². The minimum Gasteiger partial charge on any atom is -0.460 e. The summed E-state index contributed by atoms with van der Waals surface area (Å²) in [4.78, 5) is 2.56. The van der Waals surface area contributed by atoms with Crippen LogP contribution in [0.5, 0.6) is 0 Å². The van der Waals surface area contributed by atoms with Gasteiger partial charge in [0.1, 0.15) is 11.3 Å². The van der Waals surface area contributed by atoms with Crippen molar-refractivity contribution in [3.05, 3.63) is 35.6 Å². The lowest BCUT2D eigenvalue weighted by Crippen LogP contribution is -2.24. The van der Waals surface area contributed by atoms with Crippen molar-refractivity contribution in [3.8, 4) is 0 Å². The summed E-state index contributed by atoms with van der Waals surface area (Å²) >= 11 is 0. The van der Waals surface area contributed by atoms with E-state index in [1.807, 2.05) is 0 Å². The zero-order valence-corrected chi connectivity index (χ0v) is 12.3. The lowest BCUT2D eigenvalue weighted by molar-refractivity contribution is 0.330. The quantitative estimate of drug-likeness (QED) is 0.818. The highest BCUT2D eigenvalue weighted by Gasteiger charge is 2.10. The lowest BCUT2D eigenvalue weighted by atomic mass is 10.2. The summed E-state index contributed by atoms with van der Waals surface area (Å²) in [5.41, 5.74) is 2.27. The van der Waals surface area contributed by atoms with E-state index in [9.17, 15) is 0 Å². The molecule has 0 atom stereocenters. The van der Waals surface area contributed by atoms with Crippen LogP contribution in [0.4, 0.5) is 0 Å². The third-order valence-electron chi connectivity index (χ3n) is 4.05. The monoisotopic (exact) mass is 272 g/mol. The SMILES string of the molecule is Cc1ccc2oc(CNCCCN3CCCC3)cc2c1. The molecule has 108 valence electrons. The molecule has 3 heteroatoms. The Hall–Kier alpha value is -1.32. The largest absolute Gasteiger partial charge is 0.460 e. The van der Waals surface area contributed by atoms with E-state index in [0.717, 1.165) is 24.4 Å². The van der Waals surface area contributed by atoms with Gasteiger partial charge in [-0.1, -0.05) is 11.6 Å². The van der Waals surface area contributed by atoms with Crippen LogP contribution in [0.3, 0.4) is 0 Å². The molecule has 1 aromatic carbocycles. The molecule has 1 fully saturated rings.